The van der Waals surface area contributed by atoms with Crippen molar-refractivity contribution in [3.05, 3.63) is 41.9 Å². The van der Waals surface area contributed by atoms with E-state index in [-0.39, 0.29) is 11.1 Å². The molecule has 1 aromatic heterocycles. The summed E-state index contributed by atoms with van der Waals surface area (Å²) in [5.74, 6) is 0.575. The van der Waals surface area contributed by atoms with Gasteiger partial charge in [-0.15, -0.1) is 0 Å². The first-order valence-corrected chi connectivity index (χ1v) is 7.83. The molecule has 1 unspecified atom stereocenters. The van der Waals surface area contributed by atoms with Gasteiger partial charge in [-0.05, 0) is 25.0 Å². The molecule has 1 atom stereocenters. The summed E-state index contributed by atoms with van der Waals surface area (Å²) in [7, 11) is -3.62. The summed E-state index contributed by atoms with van der Waals surface area (Å²) < 4.78 is 26.8. The molecule has 1 aliphatic heterocycles. The van der Waals surface area contributed by atoms with Crippen LogP contribution in [0.2, 0.25) is 0 Å². The lowest BCUT2D eigenvalue weighted by molar-refractivity contribution is 0.571. The predicted octanol–water partition coefficient (Wildman–Crippen LogP) is 1.32. The Labute approximate surface area is 117 Å². The normalized spacial score (nSPS) is 18.9. The van der Waals surface area contributed by atoms with Gasteiger partial charge >= 0.3 is 0 Å². The molecule has 0 amide bonds. The van der Waals surface area contributed by atoms with Crippen LogP contribution in [-0.4, -0.2) is 24.9 Å². The van der Waals surface area contributed by atoms with Gasteiger partial charge in [-0.25, -0.2) is 4.98 Å². The van der Waals surface area contributed by atoms with Crippen molar-refractivity contribution < 1.29 is 8.42 Å². The molecule has 3 rings (SSSR count). The lowest BCUT2D eigenvalue weighted by Gasteiger charge is -2.32. The number of aryl methyl sites for hydroxylation is 1. The Balaban J connectivity index is 2.10. The maximum Gasteiger partial charge on any atom is 0.281 e. The summed E-state index contributed by atoms with van der Waals surface area (Å²) in [4.78, 5) is 6.75. The number of benzene rings is 1. The number of H-pyrrole nitrogens is 1. The van der Waals surface area contributed by atoms with Crippen LogP contribution < -0.4 is 10.0 Å². The molecule has 0 aliphatic carbocycles. The topological polar surface area (TPSA) is 92.1 Å². The minimum absolute atomic E-state index is 0.111. The maximum absolute atomic E-state index is 12.7. The number of nitrogens with zero attached hydrogens (tertiary/aromatic N) is 2. The molecule has 106 valence electrons. The van der Waals surface area contributed by atoms with Crippen LogP contribution in [0.25, 0.3) is 0 Å². The Hall–Kier alpha value is -1.86. The third-order valence-electron chi connectivity index (χ3n) is 3.50. The summed E-state index contributed by atoms with van der Waals surface area (Å²) >= 11 is 0. The van der Waals surface area contributed by atoms with E-state index in [0.717, 1.165) is 5.56 Å². The van der Waals surface area contributed by atoms with Crippen molar-refractivity contribution in [2.75, 3.05) is 10.8 Å². The molecular weight excluding hydrogens is 276 g/mol. The Bertz CT molecular complexity index is 738. The number of fused-ring (bicyclic) bond motifs is 1. The summed E-state index contributed by atoms with van der Waals surface area (Å²) in [5.41, 5.74) is 7.56. The van der Waals surface area contributed by atoms with Gasteiger partial charge in [0.1, 0.15) is 5.82 Å². The number of rotatable bonds is 2. The van der Waals surface area contributed by atoms with Crippen molar-refractivity contribution in [3.63, 3.8) is 0 Å². The fourth-order valence-electron chi connectivity index (χ4n) is 2.46. The van der Waals surface area contributed by atoms with Crippen LogP contribution in [-0.2, 0) is 10.0 Å². The molecule has 6 nitrogen and oxygen atoms in total. The molecule has 2 aromatic rings. The minimum Gasteiger partial charge on any atom is -0.332 e. The Morgan fingerprint density at radius 1 is 1.40 bits per heavy atom. The van der Waals surface area contributed by atoms with Crippen molar-refractivity contribution in [3.8, 4) is 0 Å². The molecule has 1 aromatic carbocycles. The Kier molecular flexibility index (Phi) is 3.02. The summed E-state index contributed by atoms with van der Waals surface area (Å²) in [5, 5.41) is 0.111. The molecule has 7 heteroatoms. The third-order valence-corrected chi connectivity index (χ3v) is 5.22. The third kappa shape index (κ3) is 1.99. The number of anilines is 1. The smallest absolute Gasteiger partial charge is 0.281 e. The molecule has 20 heavy (non-hydrogen) atoms. The van der Waals surface area contributed by atoms with E-state index < -0.39 is 10.0 Å². The number of para-hydroxylation sites is 1. The SMILES string of the molecule is Cc1ncc(S(=O)(=O)N2CCC(N)c3ccccc32)[nH]1. The standard InChI is InChI=1S/C13H16N4O2S/c1-9-15-8-13(16-9)20(18,19)17-7-6-11(14)10-4-2-3-5-12(10)17/h2-5,8,11H,6-7,14H2,1H3,(H,15,16). The van der Waals surface area contributed by atoms with E-state index in [1.165, 1.54) is 10.5 Å². The summed E-state index contributed by atoms with van der Waals surface area (Å²) in [6.07, 6.45) is 1.95. The highest BCUT2D eigenvalue weighted by Gasteiger charge is 2.32. The molecule has 1 aliphatic rings. The van der Waals surface area contributed by atoms with Crippen LogP contribution in [0.5, 0.6) is 0 Å². The van der Waals surface area contributed by atoms with Crippen LogP contribution in [0.1, 0.15) is 23.9 Å². The molecule has 0 spiro atoms. The van der Waals surface area contributed by atoms with Gasteiger partial charge in [0.05, 0.1) is 11.9 Å². The first-order chi connectivity index (χ1) is 9.50. The average Bonchev–Trinajstić information content (AvgIpc) is 2.87. The highest BCUT2D eigenvalue weighted by Crippen LogP contribution is 2.35. The molecule has 0 bridgehead atoms. The fourth-order valence-corrected chi connectivity index (χ4v) is 3.93. The van der Waals surface area contributed by atoms with Crippen molar-refractivity contribution in [1.29, 1.82) is 0 Å². The molecule has 0 saturated heterocycles. The van der Waals surface area contributed by atoms with E-state index in [2.05, 4.69) is 9.97 Å². The zero-order valence-corrected chi connectivity index (χ0v) is 11.9. The second-order valence-electron chi connectivity index (χ2n) is 4.86. The summed E-state index contributed by atoms with van der Waals surface area (Å²) in [6.45, 7) is 2.09. The predicted molar refractivity (Wildman–Crippen MR) is 75.8 cm³/mol. The van der Waals surface area contributed by atoms with E-state index >= 15 is 0 Å². The lowest BCUT2D eigenvalue weighted by atomic mass is 9.99. The van der Waals surface area contributed by atoms with Gasteiger partial charge in [-0.3, -0.25) is 4.31 Å². The highest BCUT2D eigenvalue weighted by atomic mass is 32.2. The number of hydrogen-bond donors (Lipinski definition) is 2. The minimum atomic E-state index is -3.62. The van der Waals surface area contributed by atoms with Gasteiger partial charge in [-0.1, -0.05) is 18.2 Å². The van der Waals surface area contributed by atoms with Crippen LogP contribution in [0, 0.1) is 6.92 Å². The number of aromatic nitrogens is 2. The van der Waals surface area contributed by atoms with Gasteiger partial charge in [0, 0.05) is 12.6 Å². The molecular formula is C13H16N4O2S. The molecule has 3 N–H and O–H groups in total. The molecule has 0 fully saturated rings. The number of nitrogens with one attached hydrogen (secondary N) is 1. The summed E-state index contributed by atoms with van der Waals surface area (Å²) in [6, 6.07) is 7.23. The van der Waals surface area contributed by atoms with Crippen LogP contribution in [0.3, 0.4) is 0 Å². The van der Waals surface area contributed by atoms with E-state index in [1.807, 2.05) is 18.2 Å². The fraction of sp³-hybridized carbons (Fsp3) is 0.308. The number of nitrogens with two attached hydrogens (primary N) is 1. The average molecular weight is 292 g/mol. The van der Waals surface area contributed by atoms with Gasteiger partial charge < -0.3 is 10.7 Å². The number of aromatic amines is 1. The Morgan fingerprint density at radius 2 is 2.15 bits per heavy atom. The first-order valence-electron chi connectivity index (χ1n) is 6.39. The van der Waals surface area contributed by atoms with Crippen molar-refractivity contribution in [2.24, 2.45) is 5.73 Å². The number of hydrogen-bond acceptors (Lipinski definition) is 4. The van der Waals surface area contributed by atoms with Crippen molar-refractivity contribution in [1.82, 2.24) is 9.97 Å². The largest absolute Gasteiger partial charge is 0.332 e. The van der Waals surface area contributed by atoms with Crippen LogP contribution >= 0.6 is 0 Å². The van der Waals surface area contributed by atoms with Gasteiger partial charge in [0.15, 0.2) is 5.03 Å². The monoisotopic (exact) mass is 292 g/mol. The van der Waals surface area contributed by atoms with E-state index in [1.54, 1.807) is 13.0 Å². The Morgan fingerprint density at radius 3 is 2.85 bits per heavy atom. The second kappa shape index (κ2) is 4.60. The molecule has 0 saturated carbocycles. The number of sulfonamides is 1. The maximum atomic E-state index is 12.7. The molecule has 0 radical (unpaired) electrons. The van der Waals surface area contributed by atoms with Crippen LogP contribution in [0.4, 0.5) is 5.69 Å². The highest BCUT2D eigenvalue weighted by molar-refractivity contribution is 7.92. The second-order valence-corrected chi connectivity index (χ2v) is 6.69. The molecule has 2 heterocycles. The number of imidazole rings is 1. The van der Waals surface area contributed by atoms with Crippen molar-refractivity contribution >= 4 is 15.7 Å². The first kappa shape index (κ1) is 13.1. The van der Waals surface area contributed by atoms with E-state index in [0.29, 0.717) is 24.5 Å². The van der Waals surface area contributed by atoms with Gasteiger partial charge in [0.25, 0.3) is 10.0 Å². The zero-order valence-electron chi connectivity index (χ0n) is 11.1. The zero-order chi connectivity index (χ0) is 14.3. The van der Waals surface area contributed by atoms with Crippen LogP contribution in [0.15, 0.2) is 35.5 Å². The van der Waals surface area contributed by atoms with Gasteiger partial charge in [-0.2, -0.15) is 8.42 Å². The van der Waals surface area contributed by atoms with E-state index in [9.17, 15) is 8.42 Å². The van der Waals surface area contributed by atoms with Crippen molar-refractivity contribution in [2.45, 2.75) is 24.4 Å². The van der Waals surface area contributed by atoms with Gasteiger partial charge in [0.2, 0.25) is 0 Å². The quantitative estimate of drug-likeness (QED) is 0.873. The van der Waals surface area contributed by atoms with E-state index in [4.69, 9.17) is 5.73 Å². The lowest BCUT2D eigenvalue weighted by Crippen LogP contribution is -2.38.